The lowest BCUT2D eigenvalue weighted by atomic mass is 9.97. The molecule has 0 spiro atoms. The summed E-state index contributed by atoms with van der Waals surface area (Å²) in [7, 11) is 2.06. The van der Waals surface area contributed by atoms with Crippen LogP contribution in [0.2, 0.25) is 0 Å². The molecule has 0 aromatic carbocycles. The predicted molar refractivity (Wildman–Crippen MR) is 66.2 cm³/mol. The van der Waals surface area contributed by atoms with Crippen molar-refractivity contribution in [1.82, 2.24) is 4.90 Å². The number of likely N-dealkylation sites (N-methyl/N-ethyl adjacent to an activating group) is 1. The molecule has 0 aliphatic rings. The topological polar surface area (TPSA) is 23.5 Å². The Kier molecular flexibility index (Phi) is 4.77. The van der Waals surface area contributed by atoms with E-state index >= 15 is 0 Å². The van der Waals surface area contributed by atoms with E-state index in [0.717, 1.165) is 25.9 Å². The van der Waals surface area contributed by atoms with Gasteiger partial charge in [0.2, 0.25) is 0 Å². The molecule has 0 amide bonds. The standard InChI is InChI=1S/C12H21NOS/c1-4-12(14,5-2)10-13(3)8-11-6-7-15-9-11/h6-7,9,14H,4-5,8,10H2,1-3H3. The Morgan fingerprint density at radius 1 is 1.40 bits per heavy atom. The van der Waals surface area contributed by atoms with E-state index in [9.17, 15) is 5.11 Å². The average molecular weight is 227 g/mol. The maximum absolute atomic E-state index is 10.2. The van der Waals surface area contributed by atoms with Crippen molar-refractivity contribution in [2.24, 2.45) is 0 Å². The molecule has 0 bridgehead atoms. The van der Waals surface area contributed by atoms with E-state index in [4.69, 9.17) is 0 Å². The van der Waals surface area contributed by atoms with Gasteiger partial charge in [-0.2, -0.15) is 11.3 Å². The first-order valence-corrected chi connectivity index (χ1v) is 6.46. The molecule has 0 radical (unpaired) electrons. The van der Waals surface area contributed by atoms with Gasteiger partial charge < -0.3 is 5.11 Å². The molecule has 0 saturated carbocycles. The highest BCUT2D eigenvalue weighted by Crippen LogP contribution is 2.17. The highest BCUT2D eigenvalue weighted by Gasteiger charge is 2.23. The highest BCUT2D eigenvalue weighted by atomic mass is 32.1. The van der Waals surface area contributed by atoms with Gasteiger partial charge in [0, 0.05) is 13.1 Å². The van der Waals surface area contributed by atoms with Crippen LogP contribution in [0.5, 0.6) is 0 Å². The summed E-state index contributed by atoms with van der Waals surface area (Å²) in [5.41, 5.74) is 0.808. The van der Waals surface area contributed by atoms with Crippen molar-refractivity contribution < 1.29 is 5.11 Å². The highest BCUT2D eigenvalue weighted by molar-refractivity contribution is 7.07. The van der Waals surface area contributed by atoms with Gasteiger partial charge in [0.05, 0.1) is 5.60 Å². The molecule has 0 aliphatic carbocycles. The van der Waals surface area contributed by atoms with Crippen LogP contribution in [-0.2, 0) is 6.54 Å². The van der Waals surface area contributed by atoms with E-state index in [1.54, 1.807) is 11.3 Å². The number of hydrogen-bond donors (Lipinski definition) is 1. The van der Waals surface area contributed by atoms with Crippen LogP contribution in [0.3, 0.4) is 0 Å². The summed E-state index contributed by atoms with van der Waals surface area (Å²) in [5.74, 6) is 0. The van der Waals surface area contributed by atoms with E-state index in [0.29, 0.717) is 0 Å². The minimum absolute atomic E-state index is 0.523. The zero-order chi connectivity index (χ0) is 11.3. The Bertz CT molecular complexity index is 267. The zero-order valence-corrected chi connectivity index (χ0v) is 10.7. The normalized spacial score (nSPS) is 12.3. The van der Waals surface area contributed by atoms with Gasteiger partial charge >= 0.3 is 0 Å². The smallest absolute Gasteiger partial charge is 0.0768 e. The van der Waals surface area contributed by atoms with Crippen molar-refractivity contribution in [2.75, 3.05) is 13.6 Å². The zero-order valence-electron chi connectivity index (χ0n) is 9.86. The summed E-state index contributed by atoms with van der Waals surface area (Å²) in [6.45, 7) is 5.76. The van der Waals surface area contributed by atoms with E-state index < -0.39 is 5.60 Å². The summed E-state index contributed by atoms with van der Waals surface area (Å²) >= 11 is 1.72. The van der Waals surface area contributed by atoms with Crippen molar-refractivity contribution in [3.05, 3.63) is 22.4 Å². The van der Waals surface area contributed by atoms with Crippen LogP contribution in [0.4, 0.5) is 0 Å². The summed E-state index contributed by atoms with van der Waals surface area (Å²) in [6, 6.07) is 2.14. The summed E-state index contributed by atoms with van der Waals surface area (Å²) in [6.07, 6.45) is 1.63. The van der Waals surface area contributed by atoms with Crippen molar-refractivity contribution in [1.29, 1.82) is 0 Å². The van der Waals surface area contributed by atoms with Crippen LogP contribution < -0.4 is 0 Å². The maximum atomic E-state index is 10.2. The Morgan fingerprint density at radius 3 is 2.53 bits per heavy atom. The van der Waals surface area contributed by atoms with Gasteiger partial charge in [-0.05, 0) is 42.3 Å². The van der Waals surface area contributed by atoms with Crippen molar-refractivity contribution in [2.45, 2.75) is 38.8 Å². The van der Waals surface area contributed by atoms with Crippen molar-refractivity contribution in [3.8, 4) is 0 Å². The molecule has 2 nitrogen and oxygen atoms in total. The van der Waals surface area contributed by atoms with Gasteiger partial charge in [-0.1, -0.05) is 13.8 Å². The molecular weight excluding hydrogens is 206 g/mol. The molecule has 0 saturated heterocycles. The molecule has 0 unspecified atom stereocenters. The lowest BCUT2D eigenvalue weighted by Gasteiger charge is -2.30. The van der Waals surface area contributed by atoms with Gasteiger partial charge in [-0.15, -0.1) is 0 Å². The van der Waals surface area contributed by atoms with E-state index in [1.165, 1.54) is 5.56 Å². The number of thiophene rings is 1. The quantitative estimate of drug-likeness (QED) is 0.808. The monoisotopic (exact) mass is 227 g/mol. The third-order valence-corrected chi connectivity index (χ3v) is 3.65. The van der Waals surface area contributed by atoms with Crippen LogP contribution >= 0.6 is 11.3 Å². The van der Waals surface area contributed by atoms with Crippen molar-refractivity contribution >= 4 is 11.3 Å². The molecule has 0 atom stereocenters. The summed E-state index contributed by atoms with van der Waals surface area (Å²) in [4.78, 5) is 2.19. The minimum atomic E-state index is -0.523. The van der Waals surface area contributed by atoms with Crippen LogP contribution in [0.25, 0.3) is 0 Å². The van der Waals surface area contributed by atoms with Crippen LogP contribution in [-0.4, -0.2) is 29.2 Å². The summed E-state index contributed by atoms with van der Waals surface area (Å²) in [5, 5.41) is 14.4. The Balaban J connectivity index is 2.44. The number of hydrogen-bond acceptors (Lipinski definition) is 3. The predicted octanol–water partition coefficient (Wildman–Crippen LogP) is 2.73. The second-order valence-corrected chi connectivity index (χ2v) is 5.02. The first-order chi connectivity index (χ1) is 7.09. The number of rotatable bonds is 6. The molecule has 1 aromatic heterocycles. The Labute approximate surface area is 96.5 Å². The molecule has 1 rings (SSSR count). The molecule has 1 heterocycles. The van der Waals surface area contributed by atoms with Crippen LogP contribution in [0.1, 0.15) is 32.3 Å². The minimum Gasteiger partial charge on any atom is -0.389 e. The fraction of sp³-hybridized carbons (Fsp3) is 0.667. The van der Waals surface area contributed by atoms with Crippen LogP contribution in [0, 0.1) is 0 Å². The van der Waals surface area contributed by atoms with Crippen molar-refractivity contribution in [3.63, 3.8) is 0 Å². The lowest BCUT2D eigenvalue weighted by Crippen LogP contribution is -2.40. The molecule has 0 fully saturated rings. The van der Waals surface area contributed by atoms with Gasteiger partial charge in [-0.3, -0.25) is 4.90 Å². The number of nitrogens with zero attached hydrogens (tertiary/aromatic N) is 1. The first kappa shape index (κ1) is 12.7. The largest absolute Gasteiger partial charge is 0.389 e. The Hall–Kier alpha value is -0.380. The maximum Gasteiger partial charge on any atom is 0.0768 e. The summed E-state index contributed by atoms with van der Waals surface area (Å²) < 4.78 is 0. The lowest BCUT2D eigenvalue weighted by molar-refractivity contribution is 0.00133. The van der Waals surface area contributed by atoms with E-state index in [-0.39, 0.29) is 0 Å². The Morgan fingerprint density at radius 2 is 2.07 bits per heavy atom. The second kappa shape index (κ2) is 5.64. The fourth-order valence-corrected chi connectivity index (χ4v) is 2.39. The van der Waals surface area contributed by atoms with E-state index in [1.807, 2.05) is 13.8 Å². The average Bonchev–Trinajstić information content (AvgIpc) is 2.70. The second-order valence-electron chi connectivity index (χ2n) is 4.24. The first-order valence-electron chi connectivity index (χ1n) is 5.51. The molecular formula is C12H21NOS. The van der Waals surface area contributed by atoms with Gasteiger partial charge in [-0.25, -0.2) is 0 Å². The molecule has 15 heavy (non-hydrogen) atoms. The molecule has 86 valence electrons. The number of aliphatic hydroxyl groups is 1. The molecule has 0 aliphatic heterocycles. The fourth-order valence-electron chi connectivity index (χ4n) is 1.73. The SMILES string of the molecule is CCC(O)(CC)CN(C)Cc1ccsc1. The van der Waals surface area contributed by atoms with E-state index in [2.05, 4.69) is 28.8 Å². The molecule has 1 N–H and O–H groups in total. The third kappa shape index (κ3) is 3.93. The molecule has 1 aromatic rings. The van der Waals surface area contributed by atoms with Gasteiger partial charge in [0.1, 0.15) is 0 Å². The van der Waals surface area contributed by atoms with Crippen LogP contribution in [0.15, 0.2) is 16.8 Å². The van der Waals surface area contributed by atoms with Gasteiger partial charge in [0.25, 0.3) is 0 Å². The third-order valence-electron chi connectivity index (χ3n) is 2.91. The molecule has 3 heteroatoms. The van der Waals surface area contributed by atoms with Gasteiger partial charge in [0.15, 0.2) is 0 Å².